The molecule has 1 atom stereocenters. The maximum absolute atomic E-state index is 12.2. The summed E-state index contributed by atoms with van der Waals surface area (Å²) < 4.78 is 7.13. The molecule has 0 aliphatic carbocycles. The quantitative estimate of drug-likeness (QED) is 0.654. The molecule has 140 valence electrons. The van der Waals surface area contributed by atoms with Gasteiger partial charge in [0.2, 0.25) is 0 Å². The summed E-state index contributed by atoms with van der Waals surface area (Å²) in [5.74, 6) is 1.59. The first-order valence-corrected chi connectivity index (χ1v) is 8.19. The summed E-state index contributed by atoms with van der Waals surface area (Å²) in [6, 6.07) is 0.200. The average molecular weight is 463 g/mol. The fraction of sp³-hybridized carbons (Fsp3) is 0.733. The van der Waals surface area contributed by atoms with Crippen LogP contribution in [0.1, 0.15) is 26.6 Å². The van der Waals surface area contributed by atoms with Gasteiger partial charge in [-0.3, -0.25) is 9.67 Å². The Morgan fingerprint density at radius 2 is 2.16 bits per heavy atom. The van der Waals surface area contributed by atoms with Crippen LogP contribution < -0.4 is 5.32 Å². The molecule has 10 heteroatoms. The highest BCUT2D eigenvalue weighted by Gasteiger charge is 2.36. The number of nitrogens with one attached hydrogen (secondary N) is 1. The first-order chi connectivity index (χ1) is 11.3. The first kappa shape index (κ1) is 19.7. The lowest BCUT2D eigenvalue weighted by Crippen LogP contribution is -2.57. The summed E-state index contributed by atoms with van der Waals surface area (Å²) in [4.78, 5) is 24.9. The monoisotopic (exact) mass is 463 g/mol. The van der Waals surface area contributed by atoms with Gasteiger partial charge in [-0.25, -0.2) is 9.78 Å². The number of amides is 1. The number of guanidine groups is 1. The number of hydrogen-bond acceptors (Lipinski definition) is 7. The topological polar surface area (TPSA) is 87.9 Å². The van der Waals surface area contributed by atoms with E-state index in [4.69, 9.17) is 4.74 Å². The van der Waals surface area contributed by atoms with E-state index >= 15 is 0 Å². The number of nitrogens with zero attached hydrogens (tertiary/aromatic N) is 6. The number of rotatable bonds is 2. The molecule has 3 heterocycles. The second-order valence-corrected chi connectivity index (χ2v) is 7.13. The number of piperazine rings is 1. The van der Waals surface area contributed by atoms with Crippen molar-refractivity contribution in [1.29, 1.82) is 0 Å². The zero-order valence-electron chi connectivity index (χ0n) is 15.1. The third kappa shape index (κ3) is 4.95. The van der Waals surface area contributed by atoms with Gasteiger partial charge in [0.25, 0.3) is 0 Å². The van der Waals surface area contributed by atoms with Crippen LogP contribution in [0.2, 0.25) is 0 Å². The lowest BCUT2D eigenvalue weighted by Gasteiger charge is -2.39. The van der Waals surface area contributed by atoms with Crippen molar-refractivity contribution in [3.05, 3.63) is 12.2 Å². The van der Waals surface area contributed by atoms with Crippen LogP contribution in [0.4, 0.5) is 4.79 Å². The molecule has 1 unspecified atom stereocenters. The smallest absolute Gasteiger partial charge is 0.410 e. The Morgan fingerprint density at radius 1 is 1.40 bits per heavy atom. The number of carbonyl (C=O) groups is 1. The van der Waals surface area contributed by atoms with Crippen molar-refractivity contribution in [2.24, 2.45) is 12.0 Å². The predicted molar refractivity (Wildman–Crippen MR) is 104 cm³/mol. The molecule has 0 spiro atoms. The molecule has 9 nitrogen and oxygen atoms in total. The molecule has 1 fully saturated rings. The fourth-order valence-corrected chi connectivity index (χ4v) is 2.85. The maximum atomic E-state index is 12.2. The molecule has 0 saturated carbocycles. The molecular weight excluding hydrogens is 437 g/mol. The highest BCUT2D eigenvalue weighted by molar-refractivity contribution is 14.0. The van der Waals surface area contributed by atoms with Crippen molar-refractivity contribution >= 4 is 36.0 Å². The molecule has 0 aromatic carbocycles. The van der Waals surface area contributed by atoms with E-state index in [-0.39, 0.29) is 36.1 Å². The summed E-state index contributed by atoms with van der Waals surface area (Å²) >= 11 is 0. The highest BCUT2D eigenvalue weighted by atomic mass is 127. The molecule has 3 rings (SSSR count). The number of aliphatic imine (C=N–C) groups is 1. The maximum Gasteiger partial charge on any atom is 0.410 e. The number of carbonyl (C=O) groups excluding carboxylic acids is 1. The van der Waals surface area contributed by atoms with Gasteiger partial charge in [0.15, 0.2) is 11.8 Å². The first-order valence-electron chi connectivity index (χ1n) is 8.19. The summed E-state index contributed by atoms with van der Waals surface area (Å²) in [7, 11) is 1.84. The van der Waals surface area contributed by atoms with Crippen LogP contribution in [0.25, 0.3) is 0 Å². The van der Waals surface area contributed by atoms with Crippen molar-refractivity contribution in [3.63, 3.8) is 0 Å². The molecule has 1 amide bonds. The molecule has 1 saturated heterocycles. The standard InChI is InChI=1S/C15H25N7O2.HI/c1-15(2,3)24-14(23)21-5-6-22-11(9-21)7-16-13(22)17-8-12-18-10-20(4)19-12;/h10-11H,5-9H2,1-4H3,(H,16,17);1H. The number of aromatic nitrogens is 3. The van der Waals surface area contributed by atoms with Crippen LogP contribution in [0.3, 0.4) is 0 Å². The molecule has 1 N–H and O–H groups in total. The number of aryl methyl sites for hydroxylation is 1. The average Bonchev–Trinajstić information content (AvgIpc) is 3.08. The van der Waals surface area contributed by atoms with Crippen LogP contribution in [0.15, 0.2) is 11.3 Å². The van der Waals surface area contributed by atoms with Crippen molar-refractivity contribution < 1.29 is 9.53 Å². The van der Waals surface area contributed by atoms with Gasteiger partial charge >= 0.3 is 6.09 Å². The molecule has 1 aromatic heterocycles. The summed E-state index contributed by atoms with van der Waals surface area (Å²) in [5, 5.41) is 7.54. The lowest BCUT2D eigenvalue weighted by atomic mass is 10.2. The molecule has 0 bridgehead atoms. The molecule has 0 radical (unpaired) electrons. The second-order valence-electron chi connectivity index (χ2n) is 7.13. The van der Waals surface area contributed by atoms with Crippen molar-refractivity contribution in [2.75, 3.05) is 26.2 Å². The highest BCUT2D eigenvalue weighted by Crippen LogP contribution is 2.18. The zero-order chi connectivity index (χ0) is 17.3. The fourth-order valence-electron chi connectivity index (χ4n) is 2.85. The van der Waals surface area contributed by atoms with E-state index in [0.717, 1.165) is 18.3 Å². The largest absolute Gasteiger partial charge is 0.444 e. The summed E-state index contributed by atoms with van der Waals surface area (Å²) in [6.45, 7) is 8.87. The number of ether oxygens (including phenoxy) is 1. The van der Waals surface area contributed by atoms with Crippen LogP contribution in [0.5, 0.6) is 0 Å². The Hall–Kier alpha value is -1.59. The molecule has 1 aromatic rings. The van der Waals surface area contributed by atoms with Crippen LogP contribution in [-0.4, -0.2) is 74.4 Å². The van der Waals surface area contributed by atoms with Gasteiger partial charge < -0.3 is 19.9 Å². The Bertz CT molecular complexity index is 640. The minimum Gasteiger partial charge on any atom is -0.444 e. The summed E-state index contributed by atoms with van der Waals surface area (Å²) in [5.41, 5.74) is -0.469. The van der Waals surface area contributed by atoms with Gasteiger partial charge in [0, 0.05) is 26.7 Å². The van der Waals surface area contributed by atoms with E-state index in [9.17, 15) is 4.79 Å². The SMILES string of the molecule is Cn1cnc(CNC2=NCC3CN(C(=O)OC(C)(C)C)CCN23)n1.I. The molecule has 2 aliphatic rings. The minimum absolute atomic E-state index is 0. The van der Waals surface area contributed by atoms with Gasteiger partial charge in [-0.2, -0.15) is 5.10 Å². The second kappa shape index (κ2) is 7.75. The van der Waals surface area contributed by atoms with Crippen LogP contribution in [0, 0.1) is 0 Å². The van der Waals surface area contributed by atoms with Crippen LogP contribution in [-0.2, 0) is 18.3 Å². The number of hydrogen-bond donors (Lipinski definition) is 1. The predicted octanol–water partition coefficient (Wildman–Crippen LogP) is 0.814. The molecule has 2 aliphatic heterocycles. The minimum atomic E-state index is -0.469. The normalized spacial score (nSPS) is 19.8. The van der Waals surface area contributed by atoms with E-state index in [1.54, 1.807) is 15.9 Å². The van der Waals surface area contributed by atoms with Gasteiger partial charge in [-0.1, -0.05) is 0 Å². The third-order valence-electron chi connectivity index (χ3n) is 3.91. The zero-order valence-corrected chi connectivity index (χ0v) is 17.4. The van der Waals surface area contributed by atoms with Crippen molar-refractivity contribution in [2.45, 2.75) is 39.0 Å². The Labute approximate surface area is 164 Å². The van der Waals surface area contributed by atoms with Gasteiger partial charge in [-0.05, 0) is 20.8 Å². The lowest BCUT2D eigenvalue weighted by molar-refractivity contribution is 0.0137. The van der Waals surface area contributed by atoms with Crippen molar-refractivity contribution in [1.82, 2.24) is 29.9 Å². The molecular formula is C15H26IN7O2. The number of halogens is 1. The van der Waals surface area contributed by atoms with Crippen molar-refractivity contribution in [3.8, 4) is 0 Å². The van der Waals surface area contributed by atoms with Gasteiger partial charge in [0.1, 0.15) is 11.9 Å². The van der Waals surface area contributed by atoms with Gasteiger partial charge in [-0.15, -0.1) is 24.0 Å². The molecule has 25 heavy (non-hydrogen) atoms. The summed E-state index contributed by atoms with van der Waals surface area (Å²) in [6.07, 6.45) is 1.43. The number of fused-ring (bicyclic) bond motifs is 1. The van der Waals surface area contributed by atoms with Crippen LogP contribution >= 0.6 is 24.0 Å². The van der Waals surface area contributed by atoms with Gasteiger partial charge in [0.05, 0.1) is 19.1 Å². The Kier molecular flexibility index (Phi) is 6.12. The van der Waals surface area contributed by atoms with E-state index in [1.165, 1.54) is 0 Å². The van der Waals surface area contributed by atoms with E-state index in [1.807, 2.05) is 27.8 Å². The third-order valence-corrected chi connectivity index (χ3v) is 3.91. The van der Waals surface area contributed by atoms with E-state index in [2.05, 4.69) is 25.3 Å². The Morgan fingerprint density at radius 3 is 2.80 bits per heavy atom. The van der Waals surface area contributed by atoms with E-state index in [0.29, 0.717) is 26.2 Å². The van der Waals surface area contributed by atoms with E-state index < -0.39 is 5.60 Å². The Balaban J connectivity index is 0.00000225.